The molecular formula is C19H29N5O4. The van der Waals surface area contributed by atoms with E-state index in [1.54, 1.807) is 31.4 Å². The number of ether oxygens (including phenoxy) is 1. The molecule has 0 aromatic heterocycles. The van der Waals surface area contributed by atoms with Gasteiger partial charge in [-0.1, -0.05) is 18.2 Å². The highest BCUT2D eigenvalue weighted by Gasteiger charge is 2.21. The van der Waals surface area contributed by atoms with Crippen molar-refractivity contribution in [3.8, 4) is 0 Å². The zero-order chi connectivity index (χ0) is 20.2. The Morgan fingerprint density at radius 1 is 0.964 bits per heavy atom. The number of hydrogen-bond donors (Lipinski definition) is 3. The van der Waals surface area contributed by atoms with Gasteiger partial charge in [0.1, 0.15) is 0 Å². The molecule has 1 aromatic rings. The van der Waals surface area contributed by atoms with Crippen LogP contribution in [0.2, 0.25) is 0 Å². The molecular weight excluding hydrogens is 362 g/mol. The van der Waals surface area contributed by atoms with Crippen LogP contribution in [0.15, 0.2) is 30.3 Å². The fourth-order valence-electron chi connectivity index (χ4n) is 2.86. The number of benzene rings is 1. The maximum Gasteiger partial charge on any atom is 0.325 e. The number of carbonyl (C=O) groups excluding carboxylic acids is 3. The minimum atomic E-state index is -0.542. The Morgan fingerprint density at radius 2 is 1.57 bits per heavy atom. The molecule has 0 spiro atoms. The molecule has 0 aliphatic carbocycles. The van der Waals surface area contributed by atoms with Gasteiger partial charge in [0.15, 0.2) is 0 Å². The largest absolute Gasteiger partial charge is 0.385 e. The smallest absolute Gasteiger partial charge is 0.325 e. The average molecular weight is 391 g/mol. The Balaban J connectivity index is 1.60. The maximum atomic E-state index is 12.0. The molecule has 9 nitrogen and oxygen atoms in total. The van der Waals surface area contributed by atoms with E-state index in [1.807, 2.05) is 11.0 Å². The van der Waals surface area contributed by atoms with Gasteiger partial charge in [0.05, 0.1) is 13.1 Å². The lowest BCUT2D eigenvalue weighted by Crippen LogP contribution is -2.52. The summed E-state index contributed by atoms with van der Waals surface area (Å²) < 4.78 is 4.95. The van der Waals surface area contributed by atoms with E-state index in [9.17, 15) is 14.4 Å². The maximum absolute atomic E-state index is 12.0. The number of amides is 4. The number of hydrogen-bond acceptors (Lipinski definition) is 6. The molecule has 3 N–H and O–H groups in total. The number of imide groups is 1. The van der Waals surface area contributed by atoms with Crippen LogP contribution in [0.1, 0.15) is 6.42 Å². The first-order chi connectivity index (χ1) is 13.6. The highest BCUT2D eigenvalue weighted by molar-refractivity contribution is 6.01. The highest BCUT2D eigenvalue weighted by Crippen LogP contribution is 2.04. The summed E-state index contributed by atoms with van der Waals surface area (Å²) >= 11 is 0. The van der Waals surface area contributed by atoms with Crippen molar-refractivity contribution in [1.29, 1.82) is 0 Å². The van der Waals surface area contributed by atoms with Crippen LogP contribution in [0.4, 0.5) is 10.5 Å². The van der Waals surface area contributed by atoms with Crippen LogP contribution < -0.4 is 16.0 Å². The monoisotopic (exact) mass is 391 g/mol. The van der Waals surface area contributed by atoms with E-state index in [0.717, 1.165) is 6.42 Å². The summed E-state index contributed by atoms with van der Waals surface area (Å²) in [5, 5.41) is 7.81. The molecule has 1 aliphatic rings. The van der Waals surface area contributed by atoms with Crippen molar-refractivity contribution in [1.82, 2.24) is 20.4 Å². The lowest BCUT2D eigenvalue weighted by molar-refractivity contribution is -0.124. The Hall–Kier alpha value is -2.49. The zero-order valence-electron chi connectivity index (χ0n) is 16.3. The van der Waals surface area contributed by atoms with Gasteiger partial charge < -0.3 is 15.4 Å². The standard InChI is InChI=1S/C19H29N5O4/c1-28-13-5-8-20-17(25)14-23-9-11-24(12-10-23)15-18(26)22-19(27)21-16-6-3-2-4-7-16/h2-4,6-7H,5,8-15H2,1H3,(H,20,25)(H2,21,22,26,27). The molecule has 0 unspecified atom stereocenters. The molecule has 1 aromatic carbocycles. The topological polar surface area (TPSA) is 103 Å². The summed E-state index contributed by atoms with van der Waals surface area (Å²) in [7, 11) is 1.64. The fourth-order valence-corrected chi connectivity index (χ4v) is 2.86. The second-order valence-corrected chi connectivity index (χ2v) is 6.62. The molecule has 2 rings (SSSR count). The average Bonchev–Trinajstić information content (AvgIpc) is 2.67. The van der Waals surface area contributed by atoms with E-state index < -0.39 is 6.03 Å². The molecule has 0 saturated carbocycles. The normalized spacial score (nSPS) is 15.0. The van der Waals surface area contributed by atoms with Gasteiger partial charge in [-0.2, -0.15) is 0 Å². The lowest BCUT2D eigenvalue weighted by Gasteiger charge is -2.33. The van der Waals surface area contributed by atoms with Gasteiger partial charge in [0.25, 0.3) is 0 Å². The van der Waals surface area contributed by atoms with Crippen LogP contribution in [-0.2, 0) is 14.3 Å². The number of urea groups is 1. The summed E-state index contributed by atoms with van der Waals surface area (Å²) in [5.74, 6) is -0.349. The number of carbonyl (C=O) groups is 3. The number of anilines is 1. The number of nitrogens with zero attached hydrogens (tertiary/aromatic N) is 2. The molecule has 0 bridgehead atoms. The van der Waals surface area contributed by atoms with Gasteiger partial charge in [-0.3, -0.25) is 24.7 Å². The van der Waals surface area contributed by atoms with Gasteiger partial charge >= 0.3 is 6.03 Å². The second kappa shape index (κ2) is 12.1. The van der Waals surface area contributed by atoms with Crippen LogP contribution in [0, 0.1) is 0 Å². The van der Waals surface area contributed by atoms with E-state index >= 15 is 0 Å². The third kappa shape index (κ3) is 8.47. The predicted octanol–water partition coefficient (Wildman–Crippen LogP) is 0.105. The zero-order valence-corrected chi connectivity index (χ0v) is 16.3. The molecule has 9 heteroatoms. The Kier molecular flexibility index (Phi) is 9.40. The molecule has 4 amide bonds. The minimum Gasteiger partial charge on any atom is -0.385 e. The van der Waals surface area contributed by atoms with Crippen molar-refractivity contribution in [2.75, 3.05) is 64.8 Å². The van der Waals surface area contributed by atoms with E-state index in [4.69, 9.17) is 4.74 Å². The molecule has 28 heavy (non-hydrogen) atoms. The van der Waals surface area contributed by atoms with Crippen LogP contribution in [-0.4, -0.2) is 87.2 Å². The van der Waals surface area contributed by atoms with E-state index in [-0.39, 0.29) is 18.4 Å². The van der Waals surface area contributed by atoms with E-state index in [0.29, 0.717) is 51.6 Å². The van der Waals surface area contributed by atoms with Gasteiger partial charge in [-0.15, -0.1) is 0 Å². The van der Waals surface area contributed by atoms with Gasteiger partial charge in [-0.05, 0) is 18.6 Å². The minimum absolute atomic E-state index is 0.000112. The van der Waals surface area contributed by atoms with Crippen molar-refractivity contribution < 1.29 is 19.1 Å². The van der Waals surface area contributed by atoms with E-state index in [2.05, 4.69) is 20.9 Å². The van der Waals surface area contributed by atoms with Crippen molar-refractivity contribution in [3.05, 3.63) is 30.3 Å². The van der Waals surface area contributed by atoms with Crippen molar-refractivity contribution in [2.45, 2.75) is 6.42 Å². The molecule has 1 fully saturated rings. The third-order valence-corrected chi connectivity index (χ3v) is 4.33. The highest BCUT2D eigenvalue weighted by atomic mass is 16.5. The van der Waals surface area contributed by atoms with Gasteiger partial charge in [0.2, 0.25) is 11.8 Å². The molecule has 154 valence electrons. The lowest BCUT2D eigenvalue weighted by atomic mass is 10.3. The molecule has 1 aliphatic heterocycles. The molecule has 1 saturated heterocycles. The summed E-state index contributed by atoms with van der Waals surface area (Å²) in [4.78, 5) is 39.8. The number of piperazine rings is 1. The van der Waals surface area contributed by atoms with Crippen LogP contribution >= 0.6 is 0 Å². The molecule has 0 atom stereocenters. The summed E-state index contributed by atoms with van der Waals surface area (Å²) in [6, 6.07) is 8.40. The SMILES string of the molecule is COCCCNC(=O)CN1CCN(CC(=O)NC(=O)Nc2ccccc2)CC1. The quantitative estimate of drug-likeness (QED) is 0.516. The fraction of sp³-hybridized carbons (Fsp3) is 0.526. The van der Waals surface area contributed by atoms with Crippen molar-refractivity contribution in [3.63, 3.8) is 0 Å². The van der Waals surface area contributed by atoms with Crippen molar-refractivity contribution >= 4 is 23.5 Å². The van der Waals surface area contributed by atoms with Crippen LogP contribution in [0.25, 0.3) is 0 Å². The third-order valence-electron chi connectivity index (χ3n) is 4.33. The number of rotatable bonds is 9. The predicted molar refractivity (Wildman–Crippen MR) is 106 cm³/mol. The van der Waals surface area contributed by atoms with E-state index in [1.165, 1.54) is 0 Å². The first-order valence-corrected chi connectivity index (χ1v) is 9.43. The Bertz CT molecular complexity index is 632. The summed E-state index contributed by atoms with van der Waals surface area (Å²) in [6.07, 6.45) is 0.795. The first kappa shape index (κ1) is 21.8. The first-order valence-electron chi connectivity index (χ1n) is 9.43. The number of nitrogens with one attached hydrogen (secondary N) is 3. The van der Waals surface area contributed by atoms with Crippen LogP contribution in [0.3, 0.4) is 0 Å². The van der Waals surface area contributed by atoms with Gasteiger partial charge in [-0.25, -0.2) is 4.79 Å². The number of para-hydroxylation sites is 1. The van der Waals surface area contributed by atoms with Crippen molar-refractivity contribution in [2.24, 2.45) is 0 Å². The number of methoxy groups -OCH3 is 1. The summed E-state index contributed by atoms with van der Waals surface area (Å²) in [6.45, 7) is 4.49. The Labute approximate surface area is 165 Å². The van der Waals surface area contributed by atoms with Gasteiger partial charge in [0, 0.05) is 52.1 Å². The molecule has 0 radical (unpaired) electrons. The Morgan fingerprint density at radius 3 is 2.18 bits per heavy atom. The van der Waals surface area contributed by atoms with Crippen LogP contribution in [0.5, 0.6) is 0 Å². The summed E-state index contributed by atoms with van der Waals surface area (Å²) in [5.41, 5.74) is 0.627. The molecule has 1 heterocycles. The second-order valence-electron chi connectivity index (χ2n) is 6.62.